The number of benzene rings is 3. The van der Waals surface area contributed by atoms with Crippen molar-refractivity contribution < 1.29 is 33.4 Å². The van der Waals surface area contributed by atoms with Gasteiger partial charge in [0, 0.05) is 5.69 Å². The molecule has 0 bridgehead atoms. The number of esters is 1. The SMILES string of the molecule is CCOc1ccc(NC(=O)C(C)OC(=O)c2ccc3c(c2)C(=O)N(Cc2ccc(OC)cc2)C3=O)cc1. The van der Waals surface area contributed by atoms with Crippen molar-refractivity contribution in [3.63, 3.8) is 0 Å². The summed E-state index contributed by atoms with van der Waals surface area (Å²) in [6.45, 7) is 3.93. The van der Waals surface area contributed by atoms with Gasteiger partial charge in [0.05, 0.1) is 37.0 Å². The van der Waals surface area contributed by atoms with Gasteiger partial charge in [-0.2, -0.15) is 0 Å². The third-order valence-corrected chi connectivity index (χ3v) is 5.79. The molecule has 37 heavy (non-hydrogen) atoms. The Labute approximate surface area is 213 Å². The van der Waals surface area contributed by atoms with Gasteiger partial charge in [0.15, 0.2) is 6.10 Å². The van der Waals surface area contributed by atoms with Crippen LogP contribution in [0.2, 0.25) is 0 Å². The summed E-state index contributed by atoms with van der Waals surface area (Å²) in [7, 11) is 1.55. The number of amides is 3. The predicted octanol–water partition coefficient (Wildman–Crippen LogP) is 4.07. The third-order valence-electron chi connectivity index (χ3n) is 5.79. The number of fused-ring (bicyclic) bond motifs is 1. The molecule has 0 saturated carbocycles. The van der Waals surface area contributed by atoms with Crippen LogP contribution in [0.5, 0.6) is 11.5 Å². The van der Waals surface area contributed by atoms with Crippen molar-refractivity contribution in [3.05, 3.63) is 89.0 Å². The topological polar surface area (TPSA) is 111 Å². The van der Waals surface area contributed by atoms with Gasteiger partial charge in [-0.3, -0.25) is 19.3 Å². The highest BCUT2D eigenvalue weighted by molar-refractivity contribution is 6.21. The van der Waals surface area contributed by atoms with Crippen molar-refractivity contribution >= 4 is 29.4 Å². The zero-order chi connectivity index (χ0) is 26.5. The summed E-state index contributed by atoms with van der Waals surface area (Å²) < 4.78 is 15.8. The van der Waals surface area contributed by atoms with Gasteiger partial charge in [0.25, 0.3) is 17.7 Å². The molecule has 0 fully saturated rings. The lowest BCUT2D eigenvalue weighted by atomic mass is 10.1. The van der Waals surface area contributed by atoms with Crippen LogP contribution in [0, 0.1) is 0 Å². The predicted molar refractivity (Wildman–Crippen MR) is 135 cm³/mol. The maximum Gasteiger partial charge on any atom is 0.338 e. The van der Waals surface area contributed by atoms with Crippen LogP contribution in [0.15, 0.2) is 66.7 Å². The normalized spacial score (nSPS) is 13.1. The van der Waals surface area contributed by atoms with Gasteiger partial charge < -0.3 is 19.5 Å². The Morgan fingerprint density at radius 3 is 2.19 bits per heavy atom. The summed E-state index contributed by atoms with van der Waals surface area (Å²) in [6, 6.07) is 18.0. The minimum Gasteiger partial charge on any atom is -0.497 e. The van der Waals surface area contributed by atoms with Gasteiger partial charge in [-0.05, 0) is 74.0 Å². The van der Waals surface area contributed by atoms with Gasteiger partial charge in [-0.15, -0.1) is 0 Å². The number of nitrogens with zero attached hydrogens (tertiary/aromatic N) is 1. The highest BCUT2D eigenvalue weighted by atomic mass is 16.5. The van der Waals surface area contributed by atoms with Crippen molar-refractivity contribution in [1.29, 1.82) is 0 Å². The first kappa shape index (κ1) is 25.4. The first-order chi connectivity index (χ1) is 17.8. The Hall–Kier alpha value is -4.66. The van der Waals surface area contributed by atoms with Crippen molar-refractivity contribution in [2.24, 2.45) is 0 Å². The number of rotatable bonds is 9. The highest BCUT2D eigenvalue weighted by Gasteiger charge is 2.36. The first-order valence-electron chi connectivity index (χ1n) is 11.7. The van der Waals surface area contributed by atoms with E-state index in [9.17, 15) is 19.2 Å². The highest BCUT2D eigenvalue weighted by Crippen LogP contribution is 2.27. The largest absolute Gasteiger partial charge is 0.497 e. The van der Waals surface area contributed by atoms with Gasteiger partial charge in [-0.25, -0.2) is 4.79 Å². The van der Waals surface area contributed by atoms with Crippen LogP contribution >= 0.6 is 0 Å². The number of methoxy groups -OCH3 is 1. The van der Waals surface area contributed by atoms with Gasteiger partial charge in [0.1, 0.15) is 11.5 Å². The molecule has 3 aromatic carbocycles. The lowest BCUT2D eigenvalue weighted by molar-refractivity contribution is -0.123. The molecule has 1 heterocycles. The molecule has 1 atom stereocenters. The molecule has 9 nitrogen and oxygen atoms in total. The average molecular weight is 503 g/mol. The lowest BCUT2D eigenvalue weighted by Gasteiger charge is -2.14. The molecule has 0 radical (unpaired) electrons. The van der Waals surface area contributed by atoms with Crippen LogP contribution in [0.25, 0.3) is 0 Å². The fourth-order valence-electron chi connectivity index (χ4n) is 3.80. The minimum absolute atomic E-state index is 0.0620. The molecule has 1 aliphatic rings. The van der Waals surface area contributed by atoms with E-state index in [-0.39, 0.29) is 23.2 Å². The van der Waals surface area contributed by atoms with Crippen molar-refractivity contribution in [2.75, 3.05) is 19.0 Å². The number of carbonyl (C=O) groups is 4. The Balaban J connectivity index is 1.40. The quantitative estimate of drug-likeness (QED) is 0.347. The maximum absolute atomic E-state index is 13.0. The van der Waals surface area contributed by atoms with Crippen molar-refractivity contribution in [3.8, 4) is 11.5 Å². The Morgan fingerprint density at radius 2 is 1.54 bits per heavy atom. The zero-order valence-corrected chi connectivity index (χ0v) is 20.6. The molecular formula is C28H26N2O7. The maximum atomic E-state index is 13.0. The van der Waals surface area contributed by atoms with E-state index in [1.54, 1.807) is 55.6 Å². The van der Waals surface area contributed by atoms with Crippen LogP contribution in [-0.4, -0.2) is 48.4 Å². The number of hydrogen-bond acceptors (Lipinski definition) is 7. The van der Waals surface area contributed by atoms with Crippen LogP contribution < -0.4 is 14.8 Å². The lowest BCUT2D eigenvalue weighted by Crippen LogP contribution is -2.30. The van der Waals surface area contributed by atoms with E-state index in [1.165, 1.54) is 25.1 Å². The molecule has 1 unspecified atom stereocenters. The van der Waals surface area contributed by atoms with Crippen molar-refractivity contribution in [1.82, 2.24) is 4.90 Å². The van der Waals surface area contributed by atoms with E-state index in [0.717, 1.165) is 10.5 Å². The van der Waals surface area contributed by atoms with E-state index in [4.69, 9.17) is 14.2 Å². The molecular weight excluding hydrogens is 476 g/mol. The first-order valence-corrected chi connectivity index (χ1v) is 11.7. The smallest absolute Gasteiger partial charge is 0.338 e. The number of hydrogen-bond donors (Lipinski definition) is 1. The number of ether oxygens (including phenoxy) is 3. The summed E-state index contributed by atoms with van der Waals surface area (Å²) in [5, 5.41) is 2.67. The molecule has 4 rings (SSSR count). The van der Waals surface area contributed by atoms with Gasteiger partial charge in [0.2, 0.25) is 0 Å². The van der Waals surface area contributed by atoms with E-state index in [0.29, 0.717) is 23.8 Å². The number of nitrogens with one attached hydrogen (secondary N) is 1. The molecule has 0 aliphatic carbocycles. The summed E-state index contributed by atoms with van der Waals surface area (Å²) >= 11 is 0. The second kappa shape index (κ2) is 10.9. The molecule has 1 aliphatic heterocycles. The van der Waals surface area contributed by atoms with Crippen LogP contribution in [-0.2, 0) is 16.1 Å². The molecule has 190 valence electrons. The van der Waals surface area contributed by atoms with Gasteiger partial charge in [-0.1, -0.05) is 12.1 Å². The van der Waals surface area contributed by atoms with Crippen LogP contribution in [0.1, 0.15) is 50.5 Å². The second-order valence-corrected chi connectivity index (χ2v) is 8.30. The molecule has 3 aromatic rings. The van der Waals surface area contributed by atoms with Crippen LogP contribution in [0.4, 0.5) is 5.69 Å². The molecule has 0 aromatic heterocycles. The minimum atomic E-state index is -1.10. The third kappa shape index (κ3) is 5.61. The summed E-state index contributed by atoms with van der Waals surface area (Å²) in [6.07, 6.45) is -1.10. The Morgan fingerprint density at radius 1 is 0.892 bits per heavy atom. The second-order valence-electron chi connectivity index (χ2n) is 8.30. The Kier molecular flexibility index (Phi) is 7.52. The molecule has 1 N–H and O–H groups in total. The zero-order valence-electron chi connectivity index (χ0n) is 20.6. The summed E-state index contributed by atoms with van der Waals surface area (Å²) in [5.74, 6) is -0.920. The van der Waals surface area contributed by atoms with E-state index >= 15 is 0 Å². The summed E-state index contributed by atoms with van der Waals surface area (Å²) in [4.78, 5) is 52.1. The van der Waals surface area contributed by atoms with E-state index in [1.807, 2.05) is 6.92 Å². The van der Waals surface area contributed by atoms with E-state index in [2.05, 4.69) is 5.32 Å². The summed E-state index contributed by atoms with van der Waals surface area (Å²) in [5.41, 5.74) is 1.65. The molecule has 9 heteroatoms. The van der Waals surface area contributed by atoms with Gasteiger partial charge >= 0.3 is 5.97 Å². The average Bonchev–Trinajstić information content (AvgIpc) is 3.14. The molecule has 0 saturated heterocycles. The fraction of sp³-hybridized carbons (Fsp3) is 0.214. The van der Waals surface area contributed by atoms with Crippen LogP contribution in [0.3, 0.4) is 0 Å². The van der Waals surface area contributed by atoms with E-state index < -0.39 is 29.8 Å². The Bertz CT molecular complexity index is 1330. The monoisotopic (exact) mass is 502 g/mol. The number of imide groups is 1. The fourth-order valence-corrected chi connectivity index (χ4v) is 3.80. The molecule has 0 spiro atoms. The molecule has 3 amide bonds. The number of carbonyl (C=O) groups excluding carboxylic acids is 4. The standard InChI is InChI=1S/C28H26N2O7/c1-4-36-22-12-8-20(9-13-22)29-25(31)17(2)37-28(34)19-7-14-23-24(15-19)27(33)30(26(23)32)16-18-5-10-21(35-3)11-6-18/h5-15,17H,4,16H2,1-3H3,(H,29,31). The van der Waals surface area contributed by atoms with Crippen molar-refractivity contribution in [2.45, 2.75) is 26.5 Å². The number of anilines is 1.